The molecule has 2 aromatic carbocycles. The summed E-state index contributed by atoms with van der Waals surface area (Å²) in [6, 6.07) is 12.2. The molecule has 2 aliphatic rings. The second kappa shape index (κ2) is 17.1. The third-order valence-electron chi connectivity index (χ3n) is 6.71. The van der Waals surface area contributed by atoms with Crippen LogP contribution in [0.1, 0.15) is 35.1 Å². The summed E-state index contributed by atoms with van der Waals surface area (Å²) in [5.41, 5.74) is 8.92. The van der Waals surface area contributed by atoms with E-state index in [-0.39, 0.29) is 41.7 Å². The van der Waals surface area contributed by atoms with Crippen molar-refractivity contribution >= 4 is 36.1 Å². The largest absolute Gasteiger partial charge is 1.00 e. The molecule has 0 aliphatic carbocycles. The first-order chi connectivity index (χ1) is 22.4. The Bertz CT molecular complexity index is 1810. The fraction of sp³-hybridized carbons (Fsp3) is 0.250. The third-order valence-corrected chi connectivity index (χ3v) is 6.71. The van der Waals surface area contributed by atoms with Gasteiger partial charge < -0.3 is 29.1 Å². The Balaban J connectivity index is 0.000000222. The Kier molecular flexibility index (Phi) is 13.2. The van der Waals surface area contributed by atoms with Gasteiger partial charge in [-0.25, -0.2) is 30.0 Å². The molecule has 48 heavy (non-hydrogen) atoms. The Hall–Kier alpha value is -5.23. The van der Waals surface area contributed by atoms with Gasteiger partial charge >= 0.3 is 5.97 Å². The Morgan fingerprint density at radius 3 is 1.52 bits per heavy atom. The summed E-state index contributed by atoms with van der Waals surface area (Å²) in [4.78, 5) is 51.6. The van der Waals surface area contributed by atoms with Crippen LogP contribution in [-0.4, -0.2) is 81.4 Å². The van der Waals surface area contributed by atoms with Gasteiger partial charge in [0.05, 0.1) is 6.54 Å². The van der Waals surface area contributed by atoms with E-state index in [4.69, 9.17) is 10.9 Å². The van der Waals surface area contributed by atoms with Crippen LogP contribution < -0.4 is 35.2 Å². The van der Waals surface area contributed by atoms with Crippen LogP contribution in [0.4, 0.5) is 0 Å². The van der Waals surface area contributed by atoms with Crippen LogP contribution >= 0.6 is 0 Å². The van der Waals surface area contributed by atoms with Gasteiger partial charge in [-0.3, -0.25) is 29.8 Å². The number of carbonyl (C=O) groups excluding carboxylic acids is 3. The first kappa shape index (κ1) is 37.2. The van der Waals surface area contributed by atoms with Crippen LogP contribution in [-0.2, 0) is 19.2 Å². The molecular formula is C32H36IN10O5-. The molecule has 4 aromatic rings. The topological polar surface area (TPSA) is 194 Å². The Labute approximate surface area is 294 Å². The predicted molar refractivity (Wildman–Crippen MR) is 173 cm³/mol. The predicted octanol–water partition coefficient (Wildman–Crippen LogP) is -0.490. The standard InChI is InChI=1S/C16H17N5O2.C13H13N3O2.C3H6N2O.HI/c1-11-7-12(2)9-13(8-11)16-17-10-20(19-16)5-3-14(22)18-21-6-4-15(21)23;1-9-5-10(2)7-11(6-9)13-14-8-16(15-13)4-3-12(17)18;4-5-2-1-3(5)6;/h3,5,7-10H,4,6H2,1-2H3,(H,18,22);3-8H,1-2H3,(H,17,18);1-2,4H2;1H/p-1/b5-3-;4-3-;;. The van der Waals surface area contributed by atoms with Gasteiger partial charge in [0.1, 0.15) is 12.7 Å². The number of carboxylic acids is 1. The molecule has 2 fully saturated rings. The zero-order chi connectivity index (χ0) is 34.1. The minimum atomic E-state index is -1.02. The van der Waals surface area contributed by atoms with Crippen LogP contribution in [0.25, 0.3) is 35.2 Å². The number of hydrogen-bond acceptors (Lipinski definition) is 9. The second-order valence-corrected chi connectivity index (χ2v) is 10.9. The highest BCUT2D eigenvalue weighted by Crippen LogP contribution is 2.19. The summed E-state index contributed by atoms with van der Waals surface area (Å²) in [6.07, 6.45) is 9.30. The van der Waals surface area contributed by atoms with E-state index in [0.717, 1.165) is 46.0 Å². The number of nitrogens with one attached hydrogen (secondary N) is 1. The molecule has 4 heterocycles. The van der Waals surface area contributed by atoms with Crippen LogP contribution in [0.3, 0.4) is 0 Å². The number of carbonyl (C=O) groups is 4. The van der Waals surface area contributed by atoms with Crippen molar-refractivity contribution in [3.05, 3.63) is 83.5 Å². The molecule has 0 bridgehead atoms. The molecule has 2 aromatic heterocycles. The second-order valence-electron chi connectivity index (χ2n) is 10.9. The van der Waals surface area contributed by atoms with Gasteiger partial charge in [0.2, 0.25) is 11.8 Å². The minimum absolute atomic E-state index is 0. The van der Waals surface area contributed by atoms with Gasteiger partial charge in [0.25, 0.3) is 5.91 Å². The molecule has 0 radical (unpaired) electrons. The molecule has 2 saturated heterocycles. The SMILES string of the molecule is Cc1cc(C)cc(-c2ncn(/C=C\C(=O)NN3CCC3=O)n2)c1.Cc1cc(C)cc(-c2ncn(/C=C\C(=O)O)n2)c1.NN1CCC1=O.[I-]. The number of halogens is 1. The molecule has 16 heteroatoms. The number of hydrazine groups is 2. The number of amides is 3. The highest BCUT2D eigenvalue weighted by atomic mass is 127. The van der Waals surface area contributed by atoms with Crippen LogP contribution in [0.15, 0.2) is 61.2 Å². The first-order valence-corrected chi connectivity index (χ1v) is 14.6. The van der Waals surface area contributed by atoms with Crippen molar-refractivity contribution < 1.29 is 48.3 Å². The fourth-order valence-electron chi connectivity index (χ4n) is 4.39. The number of rotatable bonds is 7. The number of nitrogens with two attached hydrogens (primary N) is 1. The molecule has 6 rings (SSSR count). The zero-order valence-corrected chi connectivity index (χ0v) is 29.0. The van der Waals surface area contributed by atoms with Gasteiger partial charge in [-0.15, -0.1) is 10.2 Å². The van der Waals surface area contributed by atoms with Crippen LogP contribution in [0, 0.1) is 27.7 Å². The molecule has 4 N–H and O–H groups in total. The number of aliphatic carboxylic acids is 1. The van der Waals surface area contributed by atoms with E-state index in [1.165, 1.54) is 50.5 Å². The van der Waals surface area contributed by atoms with Crippen molar-refractivity contribution in [2.45, 2.75) is 40.5 Å². The van der Waals surface area contributed by atoms with E-state index >= 15 is 0 Å². The molecular weight excluding hydrogens is 731 g/mol. The number of benzene rings is 2. The Morgan fingerprint density at radius 1 is 0.750 bits per heavy atom. The summed E-state index contributed by atoms with van der Waals surface area (Å²) in [6.45, 7) is 9.36. The smallest absolute Gasteiger partial charge is 0.329 e. The van der Waals surface area contributed by atoms with E-state index in [1.807, 2.05) is 52.0 Å². The summed E-state index contributed by atoms with van der Waals surface area (Å²) in [5, 5.41) is 19.5. The molecule has 2 aliphatic heterocycles. The summed E-state index contributed by atoms with van der Waals surface area (Å²) < 4.78 is 2.84. The zero-order valence-electron chi connectivity index (χ0n) is 26.9. The monoisotopic (exact) mass is 767 g/mol. The minimum Gasteiger partial charge on any atom is -1.00 e. The number of β-lactam (4-membered cyclic amide) rings is 2. The fourth-order valence-corrected chi connectivity index (χ4v) is 4.39. The molecule has 0 atom stereocenters. The van der Waals surface area contributed by atoms with Crippen molar-refractivity contribution in [3.63, 3.8) is 0 Å². The van der Waals surface area contributed by atoms with Crippen LogP contribution in [0.2, 0.25) is 0 Å². The normalized spacial score (nSPS) is 13.5. The van der Waals surface area contributed by atoms with Crippen LogP contribution in [0.5, 0.6) is 0 Å². The molecule has 252 valence electrons. The molecule has 0 spiro atoms. The van der Waals surface area contributed by atoms with Crippen molar-refractivity contribution in [3.8, 4) is 22.8 Å². The maximum atomic E-state index is 11.7. The lowest BCUT2D eigenvalue weighted by Gasteiger charge is -2.29. The van der Waals surface area contributed by atoms with E-state index in [9.17, 15) is 19.2 Å². The van der Waals surface area contributed by atoms with Gasteiger partial charge in [-0.1, -0.05) is 34.4 Å². The molecule has 0 saturated carbocycles. The first-order valence-electron chi connectivity index (χ1n) is 14.6. The van der Waals surface area contributed by atoms with Gasteiger partial charge in [0, 0.05) is 55.1 Å². The summed E-state index contributed by atoms with van der Waals surface area (Å²) >= 11 is 0. The van der Waals surface area contributed by atoms with E-state index < -0.39 is 5.97 Å². The summed E-state index contributed by atoms with van der Waals surface area (Å²) in [5.74, 6) is 4.77. The average Bonchev–Trinajstić information content (AvgIpc) is 3.70. The van der Waals surface area contributed by atoms with Crippen molar-refractivity contribution in [2.75, 3.05) is 13.1 Å². The average molecular weight is 768 g/mol. The van der Waals surface area contributed by atoms with Crippen molar-refractivity contribution in [2.24, 2.45) is 5.84 Å². The molecule has 0 unspecified atom stereocenters. The maximum absolute atomic E-state index is 11.7. The van der Waals surface area contributed by atoms with Gasteiger partial charge in [-0.2, -0.15) is 0 Å². The van der Waals surface area contributed by atoms with E-state index in [2.05, 4.69) is 37.7 Å². The number of nitrogens with zero attached hydrogens (tertiary/aromatic N) is 8. The summed E-state index contributed by atoms with van der Waals surface area (Å²) in [7, 11) is 0. The molecule has 15 nitrogen and oxygen atoms in total. The number of aromatic nitrogens is 6. The third kappa shape index (κ3) is 10.9. The highest BCUT2D eigenvalue weighted by molar-refractivity contribution is 5.93. The van der Waals surface area contributed by atoms with E-state index in [1.54, 1.807) is 0 Å². The number of aryl methyl sites for hydroxylation is 4. The van der Waals surface area contributed by atoms with Gasteiger partial charge in [-0.05, 0) is 52.0 Å². The number of hydrogen-bond donors (Lipinski definition) is 3. The quantitative estimate of drug-likeness (QED) is 0.0727. The Morgan fingerprint density at radius 2 is 1.19 bits per heavy atom. The number of carboxylic acid groups (broad SMARTS) is 1. The lowest BCUT2D eigenvalue weighted by Crippen LogP contribution is -3.00. The maximum Gasteiger partial charge on any atom is 0.329 e. The van der Waals surface area contributed by atoms with Crippen molar-refractivity contribution in [1.82, 2.24) is 45.0 Å². The van der Waals surface area contributed by atoms with E-state index in [0.29, 0.717) is 31.0 Å². The van der Waals surface area contributed by atoms with Gasteiger partial charge in [0.15, 0.2) is 11.6 Å². The van der Waals surface area contributed by atoms with Crippen molar-refractivity contribution in [1.29, 1.82) is 0 Å². The molecule has 3 amide bonds. The lowest BCUT2D eigenvalue weighted by molar-refractivity contribution is -0.148. The lowest BCUT2D eigenvalue weighted by atomic mass is 10.1. The highest BCUT2D eigenvalue weighted by Gasteiger charge is 2.24.